The third kappa shape index (κ3) is 2.16. The van der Waals surface area contributed by atoms with Crippen LogP contribution in [0.5, 0.6) is 10.8 Å². The Hall–Kier alpha value is -0.390. The Balaban J connectivity index is 2.29. The van der Waals surface area contributed by atoms with Gasteiger partial charge in [-0.15, -0.1) is 0 Å². The third-order valence-electron chi connectivity index (χ3n) is 1.54. The highest BCUT2D eigenvalue weighted by atomic mass is 79.9. The Morgan fingerprint density at radius 1 is 1.29 bits per heavy atom. The Morgan fingerprint density at radius 3 is 2.86 bits per heavy atom. The highest BCUT2D eigenvalue weighted by Gasteiger charge is 2.05. The zero-order chi connectivity index (χ0) is 9.97. The van der Waals surface area contributed by atoms with E-state index in [4.69, 9.17) is 4.74 Å². The van der Waals surface area contributed by atoms with Gasteiger partial charge in [-0.1, -0.05) is 17.4 Å². The van der Waals surface area contributed by atoms with E-state index in [1.165, 1.54) is 11.3 Å². The Morgan fingerprint density at radius 2 is 2.14 bits per heavy atom. The highest BCUT2D eigenvalue weighted by Crippen LogP contribution is 2.35. The summed E-state index contributed by atoms with van der Waals surface area (Å²) in [7, 11) is 0. The van der Waals surface area contributed by atoms with E-state index in [-0.39, 0.29) is 0 Å². The molecule has 14 heavy (non-hydrogen) atoms. The second-order valence-corrected chi connectivity index (χ2v) is 4.97. The maximum absolute atomic E-state index is 5.61. The van der Waals surface area contributed by atoms with E-state index in [1.54, 1.807) is 11.7 Å². The van der Waals surface area contributed by atoms with Crippen molar-refractivity contribution < 1.29 is 4.74 Å². The number of hydrogen-bond acceptors (Lipinski definition) is 3. The zero-order valence-corrected chi connectivity index (χ0v) is 10.9. The first kappa shape index (κ1) is 10.1. The molecule has 2 aromatic rings. The molecule has 0 aliphatic rings. The molecule has 0 spiro atoms. The lowest BCUT2D eigenvalue weighted by Crippen LogP contribution is -1.82. The maximum atomic E-state index is 5.61. The van der Waals surface area contributed by atoms with E-state index >= 15 is 0 Å². The monoisotopic (exact) mass is 333 g/mol. The molecule has 0 saturated heterocycles. The standard InChI is InChI=1S/C9H5Br2NOS/c10-6-2-1-3-7(9(6)11)13-8-4-12-5-14-8/h1-5H. The summed E-state index contributed by atoms with van der Waals surface area (Å²) in [5.41, 5.74) is 1.74. The number of nitrogens with zero attached hydrogens (tertiary/aromatic N) is 1. The number of thiazole rings is 1. The minimum atomic E-state index is 0.781. The molecule has 0 bridgehead atoms. The lowest BCUT2D eigenvalue weighted by atomic mass is 10.3. The van der Waals surface area contributed by atoms with Gasteiger partial charge >= 0.3 is 0 Å². The second kappa shape index (κ2) is 4.42. The minimum absolute atomic E-state index is 0.781. The van der Waals surface area contributed by atoms with Crippen molar-refractivity contribution in [2.45, 2.75) is 0 Å². The van der Waals surface area contributed by atoms with Gasteiger partial charge in [0.05, 0.1) is 16.2 Å². The van der Waals surface area contributed by atoms with Crippen LogP contribution in [-0.4, -0.2) is 4.98 Å². The topological polar surface area (TPSA) is 22.1 Å². The maximum Gasteiger partial charge on any atom is 0.200 e. The van der Waals surface area contributed by atoms with Gasteiger partial charge in [0, 0.05) is 4.47 Å². The van der Waals surface area contributed by atoms with Crippen molar-refractivity contribution in [2.24, 2.45) is 0 Å². The molecule has 2 rings (SSSR count). The van der Waals surface area contributed by atoms with E-state index < -0.39 is 0 Å². The number of rotatable bonds is 2. The predicted octanol–water partition coefficient (Wildman–Crippen LogP) is 4.46. The van der Waals surface area contributed by atoms with Gasteiger partial charge in [0.25, 0.3) is 0 Å². The molecular formula is C9H5Br2NOS. The van der Waals surface area contributed by atoms with Crippen molar-refractivity contribution in [1.29, 1.82) is 0 Å². The summed E-state index contributed by atoms with van der Waals surface area (Å²) in [5.74, 6) is 0.781. The third-order valence-corrected chi connectivity index (χ3v) is 4.20. The molecule has 0 N–H and O–H groups in total. The van der Waals surface area contributed by atoms with Crippen molar-refractivity contribution in [2.75, 3.05) is 0 Å². The average molecular weight is 335 g/mol. The molecule has 72 valence electrons. The largest absolute Gasteiger partial charge is 0.444 e. The highest BCUT2D eigenvalue weighted by molar-refractivity contribution is 9.13. The first-order chi connectivity index (χ1) is 6.77. The van der Waals surface area contributed by atoms with E-state index in [1.807, 2.05) is 18.2 Å². The van der Waals surface area contributed by atoms with Gasteiger partial charge in [0.1, 0.15) is 5.75 Å². The molecule has 0 saturated carbocycles. The lowest BCUT2D eigenvalue weighted by Gasteiger charge is -2.05. The van der Waals surface area contributed by atoms with E-state index in [0.29, 0.717) is 0 Å². The van der Waals surface area contributed by atoms with Crippen LogP contribution in [0.15, 0.2) is 38.9 Å². The molecule has 0 radical (unpaired) electrons. The Bertz CT molecular complexity index is 430. The van der Waals surface area contributed by atoms with Gasteiger partial charge in [-0.2, -0.15) is 0 Å². The predicted molar refractivity (Wildman–Crippen MR) is 64.0 cm³/mol. The van der Waals surface area contributed by atoms with Crippen LogP contribution in [0.25, 0.3) is 0 Å². The van der Waals surface area contributed by atoms with Gasteiger partial charge in [0.15, 0.2) is 0 Å². The summed E-state index contributed by atoms with van der Waals surface area (Å²) in [6.45, 7) is 0. The molecule has 1 heterocycles. The van der Waals surface area contributed by atoms with Gasteiger partial charge in [-0.25, -0.2) is 4.98 Å². The van der Waals surface area contributed by atoms with Crippen LogP contribution < -0.4 is 4.74 Å². The van der Waals surface area contributed by atoms with Crippen LogP contribution in [0.3, 0.4) is 0 Å². The van der Waals surface area contributed by atoms with Crippen LogP contribution >= 0.6 is 43.2 Å². The normalized spacial score (nSPS) is 10.1. The summed E-state index contributed by atoms with van der Waals surface area (Å²) < 4.78 is 7.49. The van der Waals surface area contributed by atoms with Crippen LogP contribution in [-0.2, 0) is 0 Å². The molecule has 1 aromatic heterocycles. The zero-order valence-electron chi connectivity index (χ0n) is 6.91. The first-order valence-corrected chi connectivity index (χ1v) is 6.24. The molecule has 5 heteroatoms. The molecule has 0 unspecified atom stereocenters. The van der Waals surface area contributed by atoms with E-state index in [9.17, 15) is 0 Å². The molecule has 0 atom stereocenters. The average Bonchev–Trinajstić information content (AvgIpc) is 2.66. The molecule has 2 nitrogen and oxygen atoms in total. The molecule has 1 aromatic carbocycles. The fourth-order valence-corrected chi connectivity index (χ4v) is 2.10. The second-order valence-electron chi connectivity index (χ2n) is 2.47. The summed E-state index contributed by atoms with van der Waals surface area (Å²) in [5, 5.41) is 0.781. The van der Waals surface area contributed by atoms with Crippen LogP contribution in [0.4, 0.5) is 0 Å². The molecule has 0 amide bonds. The number of halogens is 2. The van der Waals surface area contributed by atoms with Crippen molar-refractivity contribution >= 4 is 43.2 Å². The first-order valence-electron chi connectivity index (χ1n) is 3.78. The van der Waals surface area contributed by atoms with Crippen LogP contribution in [0, 0.1) is 0 Å². The van der Waals surface area contributed by atoms with Crippen molar-refractivity contribution in [3.05, 3.63) is 38.9 Å². The SMILES string of the molecule is Brc1cccc(Oc2cncs2)c1Br. The van der Waals surface area contributed by atoms with Crippen LogP contribution in [0.1, 0.15) is 0 Å². The summed E-state index contributed by atoms with van der Waals surface area (Å²) in [6, 6.07) is 5.77. The smallest absolute Gasteiger partial charge is 0.200 e. The number of hydrogen-bond donors (Lipinski definition) is 0. The summed E-state index contributed by atoms with van der Waals surface area (Å²) in [6.07, 6.45) is 1.69. The van der Waals surface area contributed by atoms with Crippen LogP contribution in [0.2, 0.25) is 0 Å². The van der Waals surface area contributed by atoms with Gasteiger partial charge in [-0.05, 0) is 44.0 Å². The number of aromatic nitrogens is 1. The van der Waals surface area contributed by atoms with Gasteiger partial charge in [0.2, 0.25) is 5.06 Å². The fourth-order valence-electron chi connectivity index (χ4n) is 0.926. The van der Waals surface area contributed by atoms with Gasteiger partial charge in [-0.3, -0.25) is 0 Å². The minimum Gasteiger partial charge on any atom is -0.444 e. The molecule has 0 aliphatic carbocycles. The lowest BCUT2D eigenvalue weighted by molar-refractivity contribution is 0.491. The number of ether oxygens (including phenoxy) is 1. The Labute approximate surface area is 102 Å². The van der Waals surface area contributed by atoms with E-state index in [0.717, 1.165) is 19.8 Å². The van der Waals surface area contributed by atoms with E-state index in [2.05, 4.69) is 36.8 Å². The van der Waals surface area contributed by atoms with Crippen molar-refractivity contribution in [3.8, 4) is 10.8 Å². The van der Waals surface area contributed by atoms with Gasteiger partial charge < -0.3 is 4.74 Å². The molecular weight excluding hydrogens is 330 g/mol. The van der Waals surface area contributed by atoms with Crippen molar-refractivity contribution in [1.82, 2.24) is 4.98 Å². The van der Waals surface area contributed by atoms with Crippen molar-refractivity contribution in [3.63, 3.8) is 0 Å². The molecule has 0 aliphatic heterocycles. The molecule has 0 fully saturated rings. The summed E-state index contributed by atoms with van der Waals surface area (Å²) in [4.78, 5) is 3.94. The Kier molecular flexibility index (Phi) is 3.20. The fraction of sp³-hybridized carbons (Fsp3) is 0. The number of benzene rings is 1. The quantitative estimate of drug-likeness (QED) is 0.808. The summed E-state index contributed by atoms with van der Waals surface area (Å²) >= 11 is 8.31.